The van der Waals surface area contributed by atoms with Crippen LogP contribution >= 0.6 is 0 Å². The lowest BCUT2D eigenvalue weighted by molar-refractivity contribution is 0.0946. The quantitative estimate of drug-likeness (QED) is 0.369. The number of aryl methyl sites for hydroxylation is 1. The summed E-state index contributed by atoms with van der Waals surface area (Å²) in [6.45, 7) is 0. The van der Waals surface area contributed by atoms with Crippen LogP contribution in [0.2, 0.25) is 0 Å². The molecule has 0 radical (unpaired) electrons. The van der Waals surface area contributed by atoms with E-state index in [0.29, 0.717) is 23.6 Å². The molecule has 2 heterocycles. The number of nitrogens with zero attached hydrogens (tertiary/aromatic N) is 2. The van der Waals surface area contributed by atoms with Crippen molar-refractivity contribution in [3.05, 3.63) is 66.3 Å². The van der Waals surface area contributed by atoms with Crippen LogP contribution in [-0.4, -0.2) is 22.9 Å². The number of pyridine rings is 1. The number of methoxy groups -OCH3 is 1. The third kappa shape index (κ3) is 5.51. The number of rotatable bonds is 10. The van der Waals surface area contributed by atoms with Crippen LogP contribution < -0.4 is 4.74 Å². The van der Waals surface area contributed by atoms with Crippen LogP contribution in [0.15, 0.2) is 59.3 Å². The van der Waals surface area contributed by atoms with Gasteiger partial charge in [-0.3, -0.25) is 4.79 Å². The molecule has 0 aliphatic carbocycles. The Balaban J connectivity index is 1.40. The van der Waals surface area contributed by atoms with Gasteiger partial charge in [-0.15, -0.1) is 0 Å². The maximum Gasteiger partial charge on any atom is 0.263 e. The van der Waals surface area contributed by atoms with Gasteiger partial charge < -0.3 is 9.15 Å². The number of ether oxygens (including phenoxy) is 1. The van der Waals surface area contributed by atoms with Gasteiger partial charge in [0.2, 0.25) is 5.78 Å². The molecule has 3 aromatic rings. The minimum absolute atomic E-state index is 0.0576. The molecule has 3 rings (SSSR count). The topological polar surface area (TPSA) is 65.2 Å². The number of benzene rings is 1. The first-order chi connectivity index (χ1) is 13.3. The third-order valence-electron chi connectivity index (χ3n) is 4.43. The molecule has 0 saturated heterocycles. The molecule has 1 aromatic carbocycles. The van der Waals surface area contributed by atoms with Crippen molar-refractivity contribution in [1.82, 2.24) is 9.97 Å². The van der Waals surface area contributed by atoms with E-state index in [-0.39, 0.29) is 11.7 Å². The summed E-state index contributed by atoms with van der Waals surface area (Å²) < 4.78 is 10.7. The number of carbonyl (C=O) groups excluding carboxylic acids is 1. The standard InChI is InChI=1S/C22H24N2O3/c1-26-18-13-14-19(23-15-18)21-16-24-22(27-21)20(25)12-8-3-2-5-9-17-10-6-4-7-11-17/h4,6-7,10-11,13-16H,2-3,5,8-9,12H2,1H3. The van der Waals surface area contributed by atoms with Crippen molar-refractivity contribution >= 4 is 5.78 Å². The predicted octanol–water partition coefficient (Wildman–Crippen LogP) is 5.12. The fourth-order valence-corrected chi connectivity index (χ4v) is 2.89. The molecule has 140 valence electrons. The lowest BCUT2D eigenvalue weighted by atomic mass is 10.0. The van der Waals surface area contributed by atoms with Gasteiger partial charge in [0, 0.05) is 6.42 Å². The van der Waals surface area contributed by atoms with Crippen LogP contribution in [0.3, 0.4) is 0 Å². The molecule has 0 N–H and O–H groups in total. The Morgan fingerprint density at radius 1 is 0.963 bits per heavy atom. The zero-order valence-corrected chi connectivity index (χ0v) is 15.6. The lowest BCUT2D eigenvalue weighted by Crippen LogP contribution is -1.99. The summed E-state index contributed by atoms with van der Waals surface area (Å²) in [6, 6.07) is 14.1. The molecule has 0 unspecified atom stereocenters. The van der Waals surface area contributed by atoms with Crippen molar-refractivity contribution < 1.29 is 13.9 Å². The van der Waals surface area contributed by atoms with Gasteiger partial charge in [-0.2, -0.15) is 0 Å². The fourth-order valence-electron chi connectivity index (χ4n) is 2.89. The summed E-state index contributed by atoms with van der Waals surface area (Å²) in [4.78, 5) is 20.6. The monoisotopic (exact) mass is 364 g/mol. The van der Waals surface area contributed by atoms with Crippen molar-refractivity contribution in [1.29, 1.82) is 0 Å². The Bertz CT molecular complexity index is 842. The van der Waals surface area contributed by atoms with Gasteiger partial charge in [0.1, 0.15) is 11.4 Å². The van der Waals surface area contributed by atoms with Gasteiger partial charge in [0.25, 0.3) is 5.89 Å². The van der Waals surface area contributed by atoms with Gasteiger partial charge in [-0.1, -0.05) is 43.2 Å². The van der Waals surface area contributed by atoms with E-state index >= 15 is 0 Å². The Morgan fingerprint density at radius 3 is 2.52 bits per heavy atom. The van der Waals surface area contributed by atoms with E-state index in [1.807, 2.05) is 6.07 Å². The van der Waals surface area contributed by atoms with E-state index < -0.39 is 0 Å². The highest BCUT2D eigenvalue weighted by atomic mass is 16.5. The predicted molar refractivity (Wildman–Crippen MR) is 104 cm³/mol. The molecular weight excluding hydrogens is 340 g/mol. The smallest absolute Gasteiger partial charge is 0.263 e. The first-order valence-electron chi connectivity index (χ1n) is 9.29. The van der Waals surface area contributed by atoms with Crippen molar-refractivity contribution in [3.63, 3.8) is 0 Å². The Labute approximate surface area is 159 Å². The number of oxazole rings is 1. The van der Waals surface area contributed by atoms with Crippen molar-refractivity contribution in [2.24, 2.45) is 0 Å². The van der Waals surface area contributed by atoms with Crippen LogP contribution in [0.5, 0.6) is 5.75 Å². The summed E-state index contributed by atoms with van der Waals surface area (Å²) in [7, 11) is 1.59. The second-order valence-corrected chi connectivity index (χ2v) is 6.44. The van der Waals surface area contributed by atoms with Crippen molar-refractivity contribution in [3.8, 4) is 17.2 Å². The number of hydrogen-bond donors (Lipinski definition) is 0. The van der Waals surface area contributed by atoms with E-state index in [4.69, 9.17) is 9.15 Å². The van der Waals surface area contributed by atoms with Crippen molar-refractivity contribution in [2.75, 3.05) is 7.11 Å². The second-order valence-electron chi connectivity index (χ2n) is 6.44. The van der Waals surface area contributed by atoms with E-state index in [2.05, 4.69) is 34.2 Å². The molecule has 0 amide bonds. The van der Waals surface area contributed by atoms with Crippen molar-refractivity contribution in [2.45, 2.75) is 38.5 Å². The van der Waals surface area contributed by atoms with Crippen LogP contribution in [0.4, 0.5) is 0 Å². The zero-order chi connectivity index (χ0) is 18.9. The minimum Gasteiger partial charge on any atom is -0.495 e. The first kappa shape index (κ1) is 18.8. The largest absolute Gasteiger partial charge is 0.495 e. The molecule has 0 atom stereocenters. The maximum absolute atomic E-state index is 12.2. The third-order valence-corrected chi connectivity index (χ3v) is 4.43. The highest BCUT2D eigenvalue weighted by molar-refractivity contribution is 5.91. The Hall–Kier alpha value is -2.95. The van der Waals surface area contributed by atoms with Gasteiger partial charge in [-0.05, 0) is 37.0 Å². The van der Waals surface area contributed by atoms with Crippen LogP contribution in [0.1, 0.15) is 48.4 Å². The highest BCUT2D eigenvalue weighted by Crippen LogP contribution is 2.21. The second kappa shape index (κ2) is 9.67. The van der Waals surface area contributed by atoms with Crippen LogP contribution in [-0.2, 0) is 6.42 Å². The summed E-state index contributed by atoms with van der Waals surface area (Å²) in [5.41, 5.74) is 2.00. The minimum atomic E-state index is -0.0576. The molecule has 0 fully saturated rings. The number of Topliss-reactive ketones (excluding diaryl/α,β-unsaturated/α-hetero) is 1. The van der Waals surface area contributed by atoms with Gasteiger partial charge in [0.15, 0.2) is 5.76 Å². The number of carbonyl (C=O) groups is 1. The molecular formula is C22H24N2O3. The van der Waals surface area contributed by atoms with E-state index in [0.717, 1.165) is 32.1 Å². The average Bonchev–Trinajstić information content (AvgIpc) is 3.21. The number of unbranched alkanes of at least 4 members (excludes halogenated alkanes) is 3. The molecule has 5 nitrogen and oxygen atoms in total. The number of aromatic nitrogens is 2. The fraction of sp³-hybridized carbons (Fsp3) is 0.318. The highest BCUT2D eigenvalue weighted by Gasteiger charge is 2.14. The Kier molecular flexibility index (Phi) is 6.74. The van der Waals surface area contributed by atoms with Crippen LogP contribution in [0.25, 0.3) is 11.5 Å². The molecule has 27 heavy (non-hydrogen) atoms. The summed E-state index contributed by atoms with van der Waals surface area (Å²) in [5, 5.41) is 0. The Morgan fingerprint density at radius 2 is 1.78 bits per heavy atom. The summed E-state index contributed by atoms with van der Waals surface area (Å²) in [5.74, 6) is 1.26. The molecule has 5 heteroatoms. The molecule has 0 aliphatic heterocycles. The van der Waals surface area contributed by atoms with Gasteiger partial charge >= 0.3 is 0 Å². The lowest BCUT2D eigenvalue weighted by Gasteiger charge is -2.01. The molecule has 0 saturated carbocycles. The maximum atomic E-state index is 12.2. The summed E-state index contributed by atoms with van der Waals surface area (Å²) in [6.07, 6.45) is 8.85. The molecule has 0 spiro atoms. The van der Waals surface area contributed by atoms with Gasteiger partial charge in [0.05, 0.1) is 19.5 Å². The summed E-state index contributed by atoms with van der Waals surface area (Å²) >= 11 is 0. The molecule has 0 bridgehead atoms. The molecule has 2 aromatic heterocycles. The zero-order valence-electron chi connectivity index (χ0n) is 15.6. The van der Waals surface area contributed by atoms with E-state index in [9.17, 15) is 4.79 Å². The van der Waals surface area contributed by atoms with E-state index in [1.165, 1.54) is 5.56 Å². The van der Waals surface area contributed by atoms with Crippen LogP contribution in [0, 0.1) is 0 Å². The van der Waals surface area contributed by atoms with E-state index in [1.54, 1.807) is 31.6 Å². The normalized spacial score (nSPS) is 10.7. The SMILES string of the molecule is COc1ccc(-c2cnc(C(=O)CCCCCCc3ccccc3)o2)nc1. The number of ketones is 1. The van der Waals surface area contributed by atoms with Gasteiger partial charge in [-0.25, -0.2) is 9.97 Å². The average molecular weight is 364 g/mol. The number of hydrogen-bond acceptors (Lipinski definition) is 5. The first-order valence-corrected chi connectivity index (χ1v) is 9.29. The molecule has 0 aliphatic rings.